The first-order chi connectivity index (χ1) is 9.11. The Bertz CT molecular complexity index is 432. The molecule has 0 radical (unpaired) electrons. The van der Waals surface area contributed by atoms with E-state index in [9.17, 15) is 0 Å². The number of rotatable bonds is 6. The summed E-state index contributed by atoms with van der Waals surface area (Å²) in [7, 11) is 4.18. The largest absolute Gasteiger partial charge is 0.490 e. The van der Waals surface area contributed by atoms with Gasteiger partial charge in [0.25, 0.3) is 0 Å². The Morgan fingerprint density at radius 2 is 2.21 bits per heavy atom. The molecule has 1 aliphatic rings. The van der Waals surface area contributed by atoms with Crippen molar-refractivity contribution in [3.63, 3.8) is 0 Å². The molecule has 4 heteroatoms. The fourth-order valence-corrected chi connectivity index (χ4v) is 2.45. The zero-order chi connectivity index (χ0) is 13.8. The average Bonchev–Trinajstić information content (AvgIpc) is 2.79. The first kappa shape index (κ1) is 14.0. The van der Waals surface area contributed by atoms with Gasteiger partial charge in [-0.1, -0.05) is 6.92 Å². The number of benzene rings is 1. The summed E-state index contributed by atoms with van der Waals surface area (Å²) in [6.45, 7) is 4.18. The lowest BCUT2D eigenvalue weighted by Gasteiger charge is -2.14. The van der Waals surface area contributed by atoms with Gasteiger partial charge in [0.1, 0.15) is 11.9 Å². The third kappa shape index (κ3) is 3.32. The molecular formula is C15H25N3O. The second-order valence-corrected chi connectivity index (χ2v) is 5.44. The molecule has 2 rings (SSSR count). The quantitative estimate of drug-likeness (QED) is 0.611. The number of nitrogens with one attached hydrogen (secondary N) is 1. The van der Waals surface area contributed by atoms with Crippen molar-refractivity contribution in [3.05, 3.63) is 17.7 Å². The SMILES string of the molecule is CCC1Cc2c(ccc(N)c2NCCCN(C)C)O1. The third-order valence-corrected chi connectivity index (χ3v) is 3.57. The highest BCUT2D eigenvalue weighted by molar-refractivity contribution is 5.74. The van der Waals surface area contributed by atoms with Crippen molar-refractivity contribution in [1.29, 1.82) is 0 Å². The van der Waals surface area contributed by atoms with Gasteiger partial charge < -0.3 is 20.7 Å². The summed E-state index contributed by atoms with van der Waals surface area (Å²) < 4.78 is 5.89. The van der Waals surface area contributed by atoms with Gasteiger partial charge in [-0.05, 0) is 45.6 Å². The molecule has 0 amide bonds. The Morgan fingerprint density at radius 1 is 1.42 bits per heavy atom. The molecular weight excluding hydrogens is 238 g/mol. The molecule has 0 aliphatic carbocycles. The fraction of sp³-hybridized carbons (Fsp3) is 0.600. The van der Waals surface area contributed by atoms with Crippen LogP contribution in [-0.4, -0.2) is 38.2 Å². The minimum Gasteiger partial charge on any atom is -0.490 e. The molecule has 0 aromatic heterocycles. The second-order valence-electron chi connectivity index (χ2n) is 5.44. The van der Waals surface area contributed by atoms with Gasteiger partial charge in [-0.15, -0.1) is 0 Å². The smallest absolute Gasteiger partial charge is 0.125 e. The minimum atomic E-state index is 0.305. The van der Waals surface area contributed by atoms with Crippen LogP contribution in [0.1, 0.15) is 25.3 Å². The van der Waals surface area contributed by atoms with Crippen LogP contribution < -0.4 is 15.8 Å². The standard InChI is InChI=1S/C15H25N3O/c1-4-11-10-12-14(19-11)7-6-13(16)15(12)17-8-5-9-18(2)3/h6-7,11,17H,4-5,8-10,16H2,1-3H3. The molecule has 0 saturated carbocycles. The maximum atomic E-state index is 6.09. The normalized spacial score (nSPS) is 17.4. The lowest BCUT2D eigenvalue weighted by atomic mass is 10.0. The van der Waals surface area contributed by atoms with Crippen LogP contribution in [0.4, 0.5) is 11.4 Å². The molecule has 1 aliphatic heterocycles. The highest BCUT2D eigenvalue weighted by atomic mass is 16.5. The van der Waals surface area contributed by atoms with Crippen molar-refractivity contribution in [2.75, 3.05) is 38.2 Å². The molecule has 0 saturated heterocycles. The molecule has 1 atom stereocenters. The van der Waals surface area contributed by atoms with E-state index in [4.69, 9.17) is 10.5 Å². The monoisotopic (exact) mass is 263 g/mol. The Morgan fingerprint density at radius 3 is 2.89 bits per heavy atom. The topological polar surface area (TPSA) is 50.5 Å². The first-order valence-corrected chi connectivity index (χ1v) is 7.08. The van der Waals surface area contributed by atoms with Crippen LogP contribution >= 0.6 is 0 Å². The van der Waals surface area contributed by atoms with Crippen LogP contribution in [-0.2, 0) is 6.42 Å². The van der Waals surface area contributed by atoms with E-state index < -0.39 is 0 Å². The molecule has 1 heterocycles. The Kier molecular flexibility index (Phi) is 4.53. The van der Waals surface area contributed by atoms with Crippen LogP contribution in [0.2, 0.25) is 0 Å². The van der Waals surface area contributed by atoms with E-state index in [0.29, 0.717) is 6.10 Å². The Labute approximate surface area is 115 Å². The number of nitrogens with two attached hydrogens (primary N) is 1. The maximum absolute atomic E-state index is 6.09. The van der Waals surface area contributed by atoms with Crippen LogP contribution in [0, 0.1) is 0 Å². The molecule has 0 fully saturated rings. The number of nitrogen functional groups attached to an aromatic ring is 1. The number of nitrogens with zero attached hydrogens (tertiary/aromatic N) is 1. The maximum Gasteiger partial charge on any atom is 0.125 e. The fourth-order valence-electron chi connectivity index (χ4n) is 2.45. The van der Waals surface area contributed by atoms with E-state index in [0.717, 1.165) is 49.5 Å². The van der Waals surface area contributed by atoms with Gasteiger partial charge in [0, 0.05) is 18.5 Å². The zero-order valence-corrected chi connectivity index (χ0v) is 12.2. The lowest BCUT2D eigenvalue weighted by Crippen LogP contribution is -2.17. The zero-order valence-electron chi connectivity index (χ0n) is 12.2. The van der Waals surface area contributed by atoms with E-state index in [2.05, 4.69) is 31.2 Å². The molecule has 1 aromatic rings. The van der Waals surface area contributed by atoms with E-state index in [1.165, 1.54) is 5.56 Å². The third-order valence-electron chi connectivity index (χ3n) is 3.57. The van der Waals surface area contributed by atoms with Gasteiger partial charge in [-0.2, -0.15) is 0 Å². The molecule has 0 bridgehead atoms. The van der Waals surface area contributed by atoms with Gasteiger partial charge in [0.2, 0.25) is 0 Å². The number of hydrogen-bond acceptors (Lipinski definition) is 4. The molecule has 0 spiro atoms. The van der Waals surface area contributed by atoms with Crippen molar-refractivity contribution in [2.45, 2.75) is 32.3 Å². The molecule has 3 N–H and O–H groups in total. The highest BCUT2D eigenvalue weighted by Gasteiger charge is 2.25. The predicted molar refractivity (Wildman–Crippen MR) is 80.9 cm³/mol. The summed E-state index contributed by atoms with van der Waals surface area (Å²) in [6.07, 6.45) is 3.41. The van der Waals surface area contributed by atoms with Crippen molar-refractivity contribution >= 4 is 11.4 Å². The molecule has 1 aromatic carbocycles. The Balaban J connectivity index is 2.03. The highest BCUT2D eigenvalue weighted by Crippen LogP contribution is 2.38. The summed E-state index contributed by atoms with van der Waals surface area (Å²) in [5, 5.41) is 3.48. The molecule has 106 valence electrons. The van der Waals surface area contributed by atoms with E-state index in [1.54, 1.807) is 0 Å². The van der Waals surface area contributed by atoms with Crippen LogP contribution in [0.25, 0.3) is 0 Å². The predicted octanol–water partition coefficient (Wildman–Crippen LogP) is 2.35. The van der Waals surface area contributed by atoms with Gasteiger partial charge in [0.05, 0.1) is 11.4 Å². The van der Waals surface area contributed by atoms with E-state index >= 15 is 0 Å². The lowest BCUT2D eigenvalue weighted by molar-refractivity contribution is 0.228. The molecule has 4 nitrogen and oxygen atoms in total. The number of fused-ring (bicyclic) bond motifs is 1. The van der Waals surface area contributed by atoms with Gasteiger partial charge >= 0.3 is 0 Å². The number of anilines is 2. The minimum absolute atomic E-state index is 0.305. The summed E-state index contributed by atoms with van der Waals surface area (Å²) >= 11 is 0. The van der Waals surface area contributed by atoms with Gasteiger partial charge in [-0.3, -0.25) is 0 Å². The molecule has 19 heavy (non-hydrogen) atoms. The van der Waals surface area contributed by atoms with Crippen LogP contribution in [0.5, 0.6) is 5.75 Å². The first-order valence-electron chi connectivity index (χ1n) is 7.08. The molecule has 1 unspecified atom stereocenters. The summed E-state index contributed by atoms with van der Waals surface area (Å²) in [4.78, 5) is 2.19. The second kappa shape index (κ2) is 6.15. The van der Waals surface area contributed by atoms with Crippen molar-refractivity contribution in [1.82, 2.24) is 4.90 Å². The summed E-state index contributed by atoms with van der Waals surface area (Å²) in [5.74, 6) is 0.996. The van der Waals surface area contributed by atoms with Crippen molar-refractivity contribution in [2.24, 2.45) is 0 Å². The number of hydrogen-bond donors (Lipinski definition) is 2. The van der Waals surface area contributed by atoms with Crippen LogP contribution in [0.3, 0.4) is 0 Å². The van der Waals surface area contributed by atoms with Gasteiger partial charge in [0.15, 0.2) is 0 Å². The Hall–Kier alpha value is -1.42. The average molecular weight is 263 g/mol. The summed E-state index contributed by atoms with van der Waals surface area (Å²) in [6, 6.07) is 3.93. The van der Waals surface area contributed by atoms with E-state index in [-0.39, 0.29) is 0 Å². The van der Waals surface area contributed by atoms with Crippen molar-refractivity contribution in [3.8, 4) is 5.75 Å². The van der Waals surface area contributed by atoms with Crippen LogP contribution in [0.15, 0.2) is 12.1 Å². The summed E-state index contributed by atoms with van der Waals surface area (Å²) in [5.41, 5.74) is 9.24. The van der Waals surface area contributed by atoms with E-state index in [1.807, 2.05) is 12.1 Å². The van der Waals surface area contributed by atoms with Gasteiger partial charge in [-0.25, -0.2) is 0 Å². The van der Waals surface area contributed by atoms with Crippen molar-refractivity contribution < 1.29 is 4.74 Å². The number of ether oxygens (including phenoxy) is 1.